The van der Waals surface area contributed by atoms with Gasteiger partial charge >= 0.3 is 69.1 Å². The van der Waals surface area contributed by atoms with Crippen LogP contribution in [0.4, 0.5) is 0 Å². The molecule has 0 aromatic carbocycles. The molecule has 0 aromatic heterocycles. The Morgan fingerprint density at radius 2 is 0.542 bits per heavy atom. The minimum atomic E-state index is -1.10. The summed E-state index contributed by atoms with van der Waals surface area (Å²) in [7, 11) is 17.1. The summed E-state index contributed by atoms with van der Waals surface area (Å²) >= 11 is -0.00667. The molecule has 0 aliphatic carbocycles. The summed E-state index contributed by atoms with van der Waals surface area (Å²) < 4.78 is 0. The van der Waals surface area contributed by atoms with E-state index >= 15 is 0 Å². The van der Waals surface area contributed by atoms with Crippen LogP contribution in [0.3, 0.4) is 0 Å². The van der Waals surface area contributed by atoms with E-state index < -0.39 is 25.2 Å². The van der Waals surface area contributed by atoms with Crippen molar-refractivity contribution in [1.82, 2.24) is 0 Å². The quantitative estimate of drug-likeness (QED) is 0.0989. The number of aliphatic hydroxyl groups excluding tert-OH is 4. The average molecular weight is 1130 g/mol. The molecule has 0 saturated carbocycles. The summed E-state index contributed by atoms with van der Waals surface area (Å²) in [6.45, 7) is 20.1. The number of aliphatic hydroxyl groups is 8. The molecule has 0 aromatic rings. The molecule has 0 saturated heterocycles. The molecule has 2 radical (unpaired) electrons. The normalized spacial score (nSPS) is 7.17. The van der Waals surface area contributed by atoms with E-state index in [4.69, 9.17) is 61.9 Å². The molecule has 0 unspecified atom stereocenters. The van der Waals surface area contributed by atoms with Crippen molar-refractivity contribution in [3.8, 4) is 24.3 Å². The van der Waals surface area contributed by atoms with Gasteiger partial charge in [-0.1, -0.05) is 79.7 Å². The summed E-state index contributed by atoms with van der Waals surface area (Å²) in [6, 6.07) is 6.78. The Morgan fingerprint density at radius 1 is 0.458 bits per heavy atom. The summed E-state index contributed by atoms with van der Waals surface area (Å²) in [6.07, 6.45) is 5.58. The number of allylic oxidation sites excluding steroid dienone is 4. The first-order valence-electron chi connectivity index (χ1n) is 12.8. The van der Waals surface area contributed by atoms with E-state index in [-0.39, 0.29) is 69.2 Å². The Balaban J connectivity index is -0.0000000302. The Morgan fingerprint density at radius 3 is 0.542 bits per heavy atom. The van der Waals surface area contributed by atoms with Crippen LogP contribution >= 0.6 is 0 Å². The zero-order valence-corrected chi connectivity index (χ0v) is 37.3. The van der Waals surface area contributed by atoms with Crippen molar-refractivity contribution in [3.63, 3.8) is 0 Å². The van der Waals surface area contributed by atoms with Gasteiger partial charge in [0.05, 0.1) is 24.3 Å². The van der Waals surface area contributed by atoms with Crippen molar-refractivity contribution in [2.75, 3.05) is 0 Å². The average Bonchev–Trinajstić information content (AvgIpc) is 2.99. The van der Waals surface area contributed by atoms with E-state index in [9.17, 15) is 0 Å². The van der Waals surface area contributed by atoms with Crippen LogP contribution in [0.25, 0.3) is 0 Å². The van der Waals surface area contributed by atoms with Crippen LogP contribution in [-0.2, 0) is 69.2 Å². The van der Waals surface area contributed by atoms with E-state index in [0.29, 0.717) is 25.7 Å². The molecule has 0 bridgehead atoms. The Labute approximate surface area is 345 Å². The predicted molar refractivity (Wildman–Crippen MR) is 161 cm³/mol. The summed E-state index contributed by atoms with van der Waals surface area (Å²) in [5.74, 6) is 0. The van der Waals surface area contributed by atoms with Gasteiger partial charge < -0.3 is 40.9 Å². The molecule has 48 heavy (non-hydrogen) atoms. The molecular weight excluding hydrogens is 1070 g/mol. The van der Waals surface area contributed by atoms with E-state index in [0.717, 1.165) is 25.7 Å². The third-order valence-electron chi connectivity index (χ3n) is 2.55. The molecule has 0 aliphatic rings. The van der Waals surface area contributed by atoms with Gasteiger partial charge in [-0.2, -0.15) is 21.0 Å². The van der Waals surface area contributed by atoms with Crippen molar-refractivity contribution < 1.29 is 149 Å². The van der Waals surface area contributed by atoms with Gasteiger partial charge in [-0.25, -0.2) is 0 Å². The fourth-order valence-electron chi connectivity index (χ4n) is 1.03. The molecular formula is C28H56Cl4N4O8Rh4+4. The Kier molecular flexibility index (Phi) is 189. The Hall–Kier alpha value is 0.254. The van der Waals surface area contributed by atoms with E-state index in [1.165, 1.54) is 24.3 Å². The minimum absolute atomic E-state index is 0. The van der Waals surface area contributed by atoms with Gasteiger partial charge in [0.2, 0.25) is 0 Å². The topological polar surface area (TPSA) is 257 Å². The van der Waals surface area contributed by atoms with E-state index in [1.54, 1.807) is 24.3 Å². The van der Waals surface area contributed by atoms with Gasteiger partial charge in [-0.3, -0.25) is 0 Å². The summed E-state index contributed by atoms with van der Waals surface area (Å²) in [4.78, 5) is 0. The number of hydrogen-bond acceptors (Lipinski definition) is 12. The molecule has 0 amide bonds. The maximum absolute atomic E-state index is 8.11. The first-order chi connectivity index (χ1) is 21.6. The molecule has 0 heterocycles. The number of halogens is 4. The maximum atomic E-state index is 8.11. The number of nitrogens with zero attached hydrogens (tertiary/aromatic N) is 4. The van der Waals surface area contributed by atoms with Gasteiger partial charge in [0.25, 0.3) is 0 Å². The summed E-state index contributed by atoms with van der Waals surface area (Å²) in [5.41, 5.74) is 0. The van der Waals surface area contributed by atoms with Crippen LogP contribution in [0, 0.1) is 84.1 Å². The van der Waals surface area contributed by atoms with Crippen LogP contribution in [0.2, 0.25) is 0 Å². The van der Waals surface area contributed by atoms with Crippen LogP contribution in [0.1, 0.15) is 79.1 Å². The third-order valence-corrected chi connectivity index (χ3v) is 2.55. The SMILES string of the molecule is C=CC#N.C=CC#N.C=CC#N.C=CC#N.CCCC(O)O.CCCC(O)O.CCCC(O)O.CCCC(O)O.[ClH+][Rh][ClH+].[ClH+][Rh][ClH+].[Rh].[Rh]. The van der Waals surface area contributed by atoms with Crippen LogP contribution in [0.15, 0.2) is 50.6 Å². The maximum Gasteiger partial charge on any atom is 0 e. The number of hydrogen-bond donors (Lipinski definition) is 8. The van der Waals surface area contributed by atoms with E-state index in [2.05, 4.69) is 65.1 Å². The molecule has 0 spiro atoms. The summed E-state index contributed by atoms with van der Waals surface area (Å²) in [5, 5.41) is 94.9. The molecule has 0 fully saturated rings. The predicted octanol–water partition coefficient (Wildman–Crippen LogP) is 2.09. The van der Waals surface area contributed by atoms with Gasteiger partial charge in [-0.15, -0.1) is 0 Å². The van der Waals surface area contributed by atoms with Crippen LogP contribution in [0.5, 0.6) is 0 Å². The molecule has 296 valence electrons. The zero-order chi connectivity index (χ0) is 39.0. The van der Waals surface area contributed by atoms with Gasteiger partial charge in [0, 0.05) is 63.3 Å². The second-order valence-corrected chi connectivity index (χ2v) is 12.3. The van der Waals surface area contributed by atoms with Gasteiger partial charge in [-0.05, 0) is 25.7 Å². The molecule has 0 rings (SSSR count). The zero-order valence-electron chi connectivity index (χ0n) is 27.4. The molecule has 0 atom stereocenters. The van der Waals surface area contributed by atoms with Crippen molar-refractivity contribution in [2.24, 2.45) is 0 Å². The third kappa shape index (κ3) is 359. The standard InChI is InChI=1S/4C4H10O2.4C3H3N.4ClH.4Rh/c4*1-2-3-4(5)6;4*1-2-3-4;;;;;;;;/h4*4-6H,2-3H2,1H3;4*2H,1H2;4*1H;;;;/q;;;;;;;;;;;;;;2*+2. The Bertz CT molecular complexity index is 597. The fraction of sp³-hybridized carbons (Fsp3) is 0.571. The van der Waals surface area contributed by atoms with E-state index in [1.807, 2.05) is 27.7 Å². The van der Waals surface area contributed by atoms with Gasteiger partial charge in [0.15, 0.2) is 25.2 Å². The second kappa shape index (κ2) is 110. The monoisotopic (exact) mass is 1130 g/mol. The second-order valence-electron chi connectivity index (χ2n) is 6.52. The number of nitriles is 4. The van der Waals surface area contributed by atoms with Crippen molar-refractivity contribution in [3.05, 3.63) is 50.6 Å². The molecule has 8 N–H and O–H groups in total. The molecule has 20 heteroatoms. The van der Waals surface area contributed by atoms with Gasteiger partial charge in [0.1, 0.15) is 0 Å². The smallest absolute Gasteiger partial charge is 0 e. The minimum Gasteiger partial charge on any atom is 0 e. The van der Waals surface area contributed by atoms with Crippen molar-refractivity contribution >= 4 is 0 Å². The largest absolute Gasteiger partial charge is 0 e. The first-order valence-corrected chi connectivity index (χ1v) is 21.9. The number of rotatable bonds is 8. The molecule has 12 nitrogen and oxygen atoms in total. The molecule has 0 aliphatic heterocycles. The van der Waals surface area contributed by atoms with Crippen LogP contribution in [-0.4, -0.2) is 66.0 Å². The van der Waals surface area contributed by atoms with Crippen molar-refractivity contribution in [1.29, 1.82) is 21.0 Å². The fourth-order valence-corrected chi connectivity index (χ4v) is 1.03. The van der Waals surface area contributed by atoms with Crippen molar-refractivity contribution in [2.45, 2.75) is 104 Å². The van der Waals surface area contributed by atoms with Crippen LogP contribution < -0.4 is 0 Å². The first kappa shape index (κ1) is 82.0.